The lowest BCUT2D eigenvalue weighted by Crippen LogP contribution is -2.34. The van der Waals surface area contributed by atoms with Crippen LogP contribution in [0, 0.1) is 0 Å². The summed E-state index contributed by atoms with van der Waals surface area (Å²) in [4.78, 5) is 13.3. The van der Waals surface area contributed by atoms with Crippen molar-refractivity contribution in [2.24, 2.45) is 0 Å². The zero-order valence-electron chi connectivity index (χ0n) is 14.4. The number of esters is 1. The third-order valence-electron chi connectivity index (χ3n) is 4.52. The molecule has 0 spiro atoms. The number of hydrogen-bond acceptors (Lipinski definition) is 5. The molecule has 4 nitrogen and oxygen atoms in total. The predicted molar refractivity (Wildman–Crippen MR) is 104 cm³/mol. The van der Waals surface area contributed by atoms with Gasteiger partial charge in [-0.15, -0.1) is 11.3 Å². The molecule has 26 heavy (non-hydrogen) atoms. The van der Waals surface area contributed by atoms with Gasteiger partial charge in [-0.05, 0) is 43.6 Å². The Hall–Kier alpha value is -2.37. The van der Waals surface area contributed by atoms with Gasteiger partial charge in [0, 0.05) is 10.1 Å². The third kappa shape index (κ3) is 3.74. The van der Waals surface area contributed by atoms with Crippen LogP contribution in [0.5, 0.6) is 5.75 Å². The van der Waals surface area contributed by atoms with Crippen molar-refractivity contribution in [1.29, 1.82) is 0 Å². The number of carbonyl (C=O) groups is 1. The first-order valence-corrected chi connectivity index (χ1v) is 9.73. The molecule has 1 saturated heterocycles. The van der Waals surface area contributed by atoms with Gasteiger partial charge in [0.1, 0.15) is 12.7 Å². The van der Waals surface area contributed by atoms with E-state index in [1.807, 2.05) is 54.6 Å². The summed E-state index contributed by atoms with van der Waals surface area (Å²) < 4.78 is 12.9. The molecule has 0 aliphatic carbocycles. The zero-order chi connectivity index (χ0) is 17.8. The molecule has 1 aliphatic heterocycles. The molecular weight excluding hydrogens is 346 g/mol. The normalized spacial score (nSPS) is 15.1. The summed E-state index contributed by atoms with van der Waals surface area (Å²) in [6.07, 6.45) is 2.03. The van der Waals surface area contributed by atoms with Gasteiger partial charge in [-0.1, -0.05) is 42.5 Å². The average molecular weight is 367 g/mol. The van der Waals surface area contributed by atoms with E-state index in [0.29, 0.717) is 10.6 Å². The van der Waals surface area contributed by atoms with Gasteiger partial charge in [0.15, 0.2) is 10.6 Å². The lowest BCUT2D eigenvalue weighted by atomic mass is 10.1. The molecule has 0 bridgehead atoms. The topological polar surface area (TPSA) is 47.6 Å². The van der Waals surface area contributed by atoms with Crippen molar-refractivity contribution in [3.8, 4) is 5.75 Å². The summed E-state index contributed by atoms with van der Waals surface area (Å²) >= 11 is 1.44. The summed E-state index contributed by atoms with van der Waals surface area (Å²) in [7, 11) is 0. The molecule has 5 heteroatoms. The molecule has 0 saturated carbocycles. The van der Waals surface area contributed by atoms with Crippen LogP contribution in [0.25, 0.3) is 10.1 Å². The lowest BCUT2D eigenvalue weighted by Gasteiger charge is -2.24. The molecule has 1 fully saturated rings. The largest absolute Gasteiger partial charge is 0.488 e. The van der Waals surface area contributed by atoms with Gasteiger partial charge >= 0.3 is 5.97 Å². The molecule has 1 N–H and O–H groups in total. The minimum atomic E-state index is -0.320. The van der Waals surface area contributed by atoms with Crippen LogP contribution in [-0.2, 0) is 11.3 Å². The van der Waals surface area contributed by atoms with Gasteiger partial charge in [-0.3, -0.25) is 0 Å². The molecule has 2 heterocycles. The predicted octanol–water partition coefficient (Wildman–Crippen LogP) is 4.39. The molecule has 0 radical (unpaired) electrons. The molecule has 0 amide bonds. The van der Waals surface area contributed by atoms with Crippen LogP contribution >= 0.6 is 11.3 Å². The minimum Gasteiger partial charge on any atom is -0.488 e. The molecule has 0 unspecified atom stereocenters. The number of hydrogen-bond donors (Lipinski definition) is 1. The molecule has 4 rings (SSSR count). The summed E-state index contributed by atoms with van der Waals surface area (Å²) in [6, 6.07) is 17.7. The second-order valence-corrected chi connectivity index (χ2v) is 7.44. The molecule has 2 aromatic carbocycles. The highest BCUT2D eigenvalue weighted by Crippen LogP contribution is 2.39. The van der Waals surface area contributed by atoms with E-state index < -0.39 is 0 Å². The maximum absolute atomic E-state index is 12.7. The monoisotopic (exact) mass is 367 g/mol. The molecule has 134 valence electrons. The maximum Gasteiger partial charge on any atom is 0.352 e. The minimum absolute atomic E-state index is 0.134. The van der Waals surface area contributed by atoms with Gasteiger partial charge in [0.05, 0.1) is 0 Å². The Balaban J connectivity index is 1.58. The van der Waals surface area contributed by atoms with Crippen LogP contribution < -0.4 is 10.1 Å². The quantitative estimate of drug-likeness (QED) is 0.680. The Morgan fingerprint density at radius 2 is 1.77 bits per heavy atom. The van der Waals surface area contributed by atoms with Gasteiger partial charge in [-0.25, -0.2) is 4.79 Å². The van der Waals surface area contributed by atoms with Crippen molar-refractivity contribution in [2.45, 2.75) is 25.6 Å². The highest BCUT2D eigenvalue weighted by atomic mass is 32.1. The molecule has 1 aliphatic rings. The average Bonchev–Trinajstić information content (AvgIpc) is 3.06. The number of rotatable bonds is 5. The molecule has 3 aromatic rings. The number of nitrogens with one attached hydrogen (secondary N) is 1. The highest BCUT2D eigenvalue weighted by Gasteiger charge is 2.24. The zero-order valence-corrected chi connectivity index (χ0v) is 15.3. The molecule has 0 atom stereocenters. The Labute approximate surface area is 156 Å². The summed E-state index contributed by atoms with van der Waals surface area (Å²) in [5.41, 5.74) is 0.975. The number of carbonyl (C=O) groups excluding carboxylic acids is 1. The standard InChI is InChI=1S/C21H21NO3S/c23-21(24-14-15-6-2-1-3-7-15)20-19(25-16-10-12-22-13-11-16)17-8-4-5-9-18(17)26-20/h1-9,16,22H,10-14H2. The number of fused-ring (bicyclic) bond motifs is 1. The van der Waals surface area contributed by atoms with Crippen LogP contribution in [0.3, 0.4) is 0 Å². The van der Waals surface area contributed by atoms with Crippen molar-refractivity contribution in [1.82, 2.24) is 5.32 Å². The first-order chi connectivity index (χ1) is 12.8. The Kier molecular flexibility index (Phi) is 5.18. The van der Waals surface area contributed by atoms with E-state index in [4.69, 9.17) is 9.47 Å². The van der Waals surface area contributed by atoms with Gasteiger partial charge in [-0.2, -0.15) is 0 Å². The van der Waals surface area contributed by atoms with E-state index in [0.717, 1.165) is 41.6 Å². The SMILES string of the molecule is O=C(OCc1ccccc1)c1sc2ccccc2c1OC1CCNCC1. The first kappa shape index (κ1) is 17.1. The molecular formula is C21H21NO3S. The number of thiophene rings is 1. The third-order valence-corrected chi connectivity index (χ3v) is 5.65. The van der Waals surface area contributed by atoms with Gasteiger partial charge in [0.25, 0.3) is 0 Å². The van der Waals surface area contributed by atoms with Crippen LogP contribution in [0.2, 0.25) is 0 Å². The summed E-state index contributed by atoms with van der Waals surface area (Å²) in [5.74, 6) is 0.356. The van der Waals surface area contributed by atoms with Crippen molar-refractivity contribution < 1.29 is 14.3 Å². The highest BCUT2D eigenvalue weighted by molar-refractivity contribution is 7.21. The fourth-order valence-corrected chi connectivity index (χ4v) is 4.17. The second kappa shape index (κ2) is 7.89. The Morgan fingerprint density at radius 3 is 2.58 bits per heavy atom. The van der Waals surface area contributed by atoms with E-state index in [2.05, 4.69) is 5.32 Å². The van der Waals surface area contributed by atoms with Crippen molar-refractivity contribution in [2.75, 3.05) is 13.1 Å². The van der Waals surface area contributed by atoms with Gasteiger partial charge in [0.2, 0.25) is 0 Å². The van der Waals surface area contributed by atoms with Crippen LogP contribution in [0.15, 0.2) is 54.6 Å². The maximum atomic E-state index is 12.7. The number of benzene rings is 2. The van der Waals surface area contributed by atoms with E-state index in [1.165, 1.54) is 11.3 Å². The lowest BCUT2D eigenvalue weighted by molar-refractivity contribution is 0.0471. The van der Waals surface area contributed by atoms with E-state index in [1.54, 1.807) is 0 Å². The van der Waals surface area contributed by atoms with E-state index in [-0.39, 0.29) is 18.7 Å². The van der Waals surface area contributed by atoms with Crippen LogP contribution in [0.1, 0.15) is 28.1 Å². The van der Waals surface area contributed by atoms with Crippen LogP contribution in [0.4, 0.5) is 0 Å². The van der Waals surface area contributed by atoms with Gasteiger partial charge < -0.3 is 14.8 Å². The number of piperidine rings is 1. The van der Waals surface area contributed by atoms with Crippen molar-refractivity contribution in [3.63, 3.8) is 0 Å². The fourth-order valence-electron chi connectivity index (χ4n) is 3.14. The Morgan fingerprint density at radius 1 is 1.04 bits per heavy atom. The molecule has 1 aromatic heterocycles. The summed E-state index contributed by atoms with van der Waals surface area (Å²) in [5, 5.41) is 4.33. The first-order valence-electron chi connectivity index (χ1n) is 8.91. The second-order valence-electron chi connectivity index (χ2n) is 6.39. The Bertz CT molecular complexity index is 885. The van der Waals surface area contributed by atoms with E-state index in [9.17, 15) is 4.79 Å². The summed E-state index contributed by atoms with van der Waals surface area (Å²) in [6.45, 7) is 2.15. The van der Waals surface area contributed by atoms with Crippen molar-refractivity contribution in [3.05, 3.63) is 65.0 Å². The number of ether oxygens (including phenoxy) is 2. The van der Waals surface area contributed by atoms with E-state index >= 15 is 0 Å². The van der Waals surface area contributed by atoms with Crippen molar-refractivity contribution >= 4 is 27.4 Å². The smallest absolute Gasteiger partial charge is 0.352 e. The fraction of sp³-hybridized carbons (Fsp3) is 0.286. The van der Waals surface area contributed by atoms with Crippen LogP contribution in [-0.4, -0.2) is 25.2 Å².